The van der Waals surface area contributed by atoms with Crippen LogP contribution in [-0.4, -0.2) is 19.1 Å². The SMILES string of the molecule is C=CCn1c(CC)nc(-c2cncn2C2CC2)c1N. The van der Waals surface area contributed by atoms with Crippen LogP contribution in [0.25, 0.3) is 11.4 Å². The molecular formula is C14H19N5. The van der Waals surface area contributed by atoms with Gasteiger partial charge in [-0.15, -0.1) is 6.58 Å². The molecule has 0 unspecified atom stereocenters. The summed E-state index contributed by atoms with van der Waals surface area (Å²) >= 11 is 0. The molecule has 0 aromatic carbocycles. The lowest BCUT2D eigenvalue weighted by Gasteiger charge is -2.06. The van der Waals surface area contributed by atoms with Crippen LogP contribution in [0.15, 0.2) is 25.2 Å². The van der Waals surface area contributed by atoms with Crippen LogP contribution in [0.3, 0.4) is 0 Å². The summed E-state index contributed by atoms with van der Waals surface area (Å²) in [5, 5.41) is 0. The quantitative estimate of drug-likeness (QED) is 0.837. The van der Waals surface area contributed by atoms with Gasteiger partial charge in [-0.3, -0.25) is 0 Å². The van der Waals surface area contributed by atoms with Crippen molar-refractivity contribution >= 4 is 5.82 Å². The molecule has 19 heavy (non-hydrogen) atoms. The summed E-state index contributed by atoms with van der Waals surface area (Å²) < 4.78 is 4.21. The standard InChI is InChI=1S/C14H19N5/c1-3-7-18-12(4-2)17-13(14(18)15)11-8-16-9-19(11)10-5-6-10/h3,8-10H,1,4-7,15H2,2H3. The highest BCUT2D eigenvalue weighted by Crippen LogP contribution is 2.39. The monoisotopic (exact) mass is 257 g/mol. The molecule has 2 aromatic rings. The number of hydrogen-bond acceptors (Lipinski definition) is 3. The molecule has 1 aliphatic rings. The number of nitrogens with two attached hydrogens (primary N) is 1. The van der Waals surface area contributed by atoms with Gasteiger partial charge >= 0.3 is 0 Å². The van der Waals surface area contributed by atoms with Crippen molar-refractivity contribution in [1.82, 2.24) is 19.1 Å². The Morgan fingerprint density at radius 2 is 2.32 bits per heavy atom. The van der Waals surface area contributed by atoms with E-state index in [1.165, 1.54) is 12.8 Å². The molecule has 0 aliphatic heterocycles. The van der Waals surface area contributed by atoms with Gasteiger partial charge in [-0.25, -0.2) is 9.97 Å². The first-order chi connectivity index (χ1) is 9.26. The zero-order chi connectivity index (χ0) is 13.4. The smallest absolute Gasteiger partial charge is 0.133 e. The fourth-order valence-electron chi connectivity index (χ4n) is 2.44. The highest BCUT2D eigenvalue weighted by molar-refractivity contribution is 5.68. The van der Waals surface area contributed by atoms with E-state index in [0.29, 0.717) is 18.4 Å². The molecule has 0 bridgehead atoms. The Morgan fingerprint density at radius 3 is 2.95 bits per heavy atom. The number of nitrogens with zero attached hydrogens (tertiary/aromatic N) is 4. The maximum absolute atomic E-state index is 6.26. The average molecular weight is 257 g/mol. The lowest BCUT2D eigenvalue weighted by Crippen LogP contribution is -2.05. The van der Waals surface area contributed by atoms with E-state index in [1.807, 2.05) is 23.2 Å². The molecule has 0 spiro atoms. The molecule has 1 fully saturated rings. The lowest BCUT2D eigenvalue weighted by molar-refractivity contribution is 0.746. The van der Waals surface area contributed by atoms with Crippen LogP contribution in [0.4, 0.5) is 5.82 Å². The third kappa shape index (κ3) is 1.95. The van der Waals surface area contributed by atoms with Gasteiger partial charge in [-0.05, 0) is 12.8 Å². The third-order valence-electron chi connectivity index (χ3n) is 3.56. The molecule has 1 saturated carbocycles. The van der Waals surface area contributed by atoms with Crippen molar-refractivity contribution in [3.63, 3.8) is 0 Å². The van der Waals surface area contributed by atoms with E-state index in [2.05, 4.69) is 28.0 Å². The van der Waals surface area contributed by atoms with E-state index in [0.717, 1.165) is 23.6 Å². The minimum atomic E-state index is 0.575. The maximum atomic E-state index is 6.26. The van der Waals surface area contributed by atoms with Crippen LogP contribution in [0.2, 0.25) is 0 Å². The number of anilines is 1. The molecule has 0 saturated heterocycles. The molecule has 0 atom stereocenters. The summed E-state index contributed by atoms with van der Waals surface area (Å²) in [5.41, 5.74) is 8.13. The molecular weight excluding hydrogens is 238 g/mol. The van der Waals surface area contributed by atoms with Crippen LogP contribution in [-0.2, 0) is 13.0 Å². The summed E-state index contributed by atoms with van der Waals surface area (Å²) in [6.45, 7) is 6.56. The number of nitrogen functional groups attached to an aromatic ring is 1. The highest BCUT2D eigenvalue weighted by Gasteiger charge is 2.27. The summed E-state index contributed by atoms with van der Waals surface area (Å²) in [6.07, 6.45) is 8.88. The predicted molar refractivity (Wildman–Crippen MR) is 75.7 cm³/mol. The van der Waals surface area contributed by atoms with E-state index >= 15 is 0 Å². The summed E-state index contributed by atoms with van der Waals surface area (Å²) in [6, 6.07) is 0.575. The third-order valence-corrected chi connectivity index (χ3v) is 3.56. The Hall–Kier alpha value is -2.04. The van der Waals surface area contributed by atoms with Crippen molar-refractivity contribution in [1.29, 1.82) is 0 Å². The highest BCUT2D eigenvalue weighted by atomic mass is 15.2. The Balaban J connectivity index is 2.09. The van der Waals surface area contributed by atoms with Gasteiger partial charge < -0.3 is 14.9 Å². The van der Waals surface area contributed by atoms with Crippen molar-refractivity contribution in [3.8, 4) is 11.4 Å². The first-order valence-corrected chi connectivity index (χ1v) is 6.74. The molecule has 100 valence electrons. The second kappa shape index (κ2) is 4.57. The molecule has 1 aliphatic carbocycles. The van der Waals surface area contributed by atoms with Gasteiger partial charge in [0, 0.05) is 19.0 Å². The lowest BCUT2D eigenvalue weighted by atomic mass is 10.3. The Morgan fingerprint density at radius 1 is 1.53 bits per heavy atom. The molecule has 0 amide bonds. The fourth-order valence-corrected chi connectivity index (χ4v) is 2.44. The van der Waals surface area contributed by atoms with Gasteiger partial charge in [0.05, 0.1) is 18.2 Å². The number of imidazole rings is 2. The predicted octanol–water partition coefficient (Wildman–Crippen LogP) is 2.41. The number of hydrogen-bond donors (Lipinski definition) is 1. The average Bonchev–Trinajstić information content (AvgIpc) is 3.07. The van der Waals surface area contributed by atoms with E-state index in [1.54, 1.807) is 0 Å². The topological polar surface area (TPSA) is 61.7 Å². The number of rotatable bonds is 5. The van der Waals surface area contributed by atoms with Crippen molar-refractivity contribution < 1.29 is 0 Å². The zero-order valence-electron chi connectivity index (χ0n) is 11.2. The normalized spacial score (nSPS) is 14.8. The van der Waals surface area contributed by atoms with E-state index in [9.17, 15) is 0 Å². The van der Waals surface area contributed by atoms with Gasteiger partial charge in [0.1, 0.15) is 17.3 Å². The van der Waals surface area contributed by atoms with Gasteiger partial charge in [0.15, 0.2) is 0 Å². The van der Waals surface area contributed by atoms with Crippen LogP contribution < -0.4 is 5.73 Å². The van der Waals surface area contributed by atoms with E-state index < -0.39 is 0 Å². The molecule has 2 heterocycles. The van der Waals surface area contributed by atoms with Crippen LogP contribution in [0.1, 0.15) is 31.6 Å². The number of allylic oxidation sites excluding steroid dienone is 1. The minimum Gasteiger partial charge on any atom is -0.383 e. The largest absolute Gasteiger partial charge is 0.383 e. The van der Waals surface area contributed by atoms with Crippen molar-refractivity contribution in [2.24, 2.45) is 0 Å². The molecule has 3 rings (SSSR count). The summed E-state index contributed by atoms with van der Waals surface area (Å²) in [7, 11) is 0. The first kappa shape index (κ1) is 12.0. The first-order valence-electron chi connectivity index (χ1n) is 6.74. The Kier molecular flexibility index (Phi) is 2.89. The number of aryl methyl sites for hydroxylation is 1. The zero-order valence-corrected chi connectivity index (χ0v) is 11.2. The fraction of sp³-hybridized carbons (Fsp3) is 0.429. The summed E-state index contributed by atoms with van der Waals surface area (Å²) in [5.74, 6) is 1.70. The van der Waals surface area contributed by atoms with Crippen LogP contribution >= 0.6 is 0 Å². The Labute approximate surface area is 112 Å². The van der Waals surface area contributed by atoms with Gasteiger partial charge in [-0.2, -0.15) is 0 Å². The molecule has 5 nitrogen and oxygen atoms in total. The minimum absolute atomic E-state index is 0.575. The second-order valence-corrected chi connectivity index (χ2v) is 4.93. The van der Waals surface area contributed by atoms with E-state index in [4.69, 9.17) is 5.73 Å². The molecule has 0 radical (unpaired) electrons. The summed E-state index contributed by atoms with van der Waals surface area (Å²) in [4.78, 5) is 8.94. The molecule has 2 N–H and O–H groups in total. The number of aromatic nitrogens is 4. The maximum Gasteiger partial charge on any atom is 0.133 e. The van der Waals surface area contributed by atoms with Crippen LogP contribution in [0, 0.1) is 0 Å². The van der Waals surface area contributed by atoms with Gasteiger partial charge in [-0.1, -0.05) is 13.0 Å². The second-order valence-electron chi connectivity index (χ2n) is 4.93. The van der Waals surface area contributed by atoms with Crippen LogP contribution in [0.5, 0.6) is 0 Å². The van der Waals surface area contributed by atoms with E-state index in [-0.39, 0.29) is 0 Å². The molecule has 5 heteroatoms. The van der Waals surface area contributed by atoms with Crippen molar-refractivity contribution in [2.75, 3.05) is 5.73 Å². The van der Waals surface area contributed by atoms with Gasteiger partial charge in [0.2, 0.25) is 0 Å². The van der Waals surface area contributed by atoms with Gasteiger partial charge in [0.25, 0.3) is 0 Å². The van der Waals surface area contributed by atoms with Crippen molar-refractivity contribution in [2.45, 2.75) is 38.8 Å². The Bertz CT molecular complexity index is 603. The van der Waals surface area contributed by atoms with Crippen molar-refractivity contribution in [3.05, 3.63) is 31.0 Å². The molecule has 2 aromatic heterocycles.